The van der Waals surface area contributed by atoms with E-state index in [1.54, 1.807) is 12.1 Å². The second kappa shape index (κ2) is 6.10. The first-order valence-corrected chi connectivity index (χ1v) is 7.34. The third-order valence-electron chi connectivity index (χ3n) is 3.89. The summed E-state index contributed by atoms with van der Waals surface area (Å²) in [6, 6.07) is 15.8. The zero-order valence-electron chi connectivity index (χ0n) is 11.9. The maximum atomic E-state index is 10.8. The van der Waals surface area contributed by atoms with Crippen molar-refractivity contribution in [3.05, 3.63) is 70.8 Å². The molecule has 0 bridgehead atoms. The molecule has 2 N–H and O–H groups in total. The second-order valence-electron chi connectivity index (χ2n) is 5.62. The molecule has 1 aliphatic rings. The highest BCUT2D eigenvalue weighted by molar-refractivity contribution is 5.87. The van der Waals surface area contributed by atoms with Gasteiger partial charge in [0.1, 0.15) is 0 Å². The summed E-state index contributed by atoms with van der Waals surface area (Å²) in [6.45, 7) is 1.57. The SMILES string of the molecule is O=C(O)c1ccc(CNCc2ccc(C3CC3)cc2)cc1. The molecule has 0 atom stereocenters. The van der Waals surface area contributed by atoms with E-state index in [0.29, 0.717) is 5.56 Å². The molecule has 1 saturated carbocycles. The Kier molecular flexibility index (Phi) is 4.02. The fourth-order valence-electron chi connectivity index (χ4n) is 2.44. The highest BCUT2D eigenvalue weighted by Gasteiger charge is 2.22. The summed E-state index contributed by atoms with van der Waals surface area (Å²) in [7, 11) is 0. The minimum atomic E-state index is -0.884. The summed E-state index contributed by atoms with van der Waals surface area (Å²) < 4.78 is 0. The normalized spacial score (nSPS) is 14.1. The van der Waals surface area contributed by atoms with Crippen molar-refractivity contribution in [3.63, 3.8) is 0 Å². The zero-order chi connectivity index (χ0) is 14.7. The average molecular weight is 281 g/mol. The molecule has 0 spiro atoms. The van der Waals surface area contributed by atoms with Crippen molar-refractivity contribution in [3.8, 4) is 0 Å². The Labute approximate surface area is 124 Å². The van der Waals surface area contributed by atoms with Crippen LogP contribution in [-0.4, -0.2) is 11.1 Å². The molecule has 2 aromatic carbocycles. The van der Waals surface area contributed by atoms with Crippen LogP contribution in [0.2, 0.25) is 0 Å². The molecule has 0 unspecified atom stereocenters. The van der Waals surface area contributed by atoms with Crippen LogP contribution in [0.4, 0.5) is 0 Å². The molecule has 1 aliphatic carbocycles. The van der Waals surface area contributed by atoms with Crippen LogP contribution in [0.25, 0.3) is 0 Å². The van der Waals surface area contributed by atoms with Gasteiger partial charge in [0.25, 0.3) is 0 Å². The lowest BCUT2D eigenvalue weighted by molar-refractivity contribution is 0.0697. The van der Waals surface area contributed by atoms with E-state index in [1.807, 2.05) is 12.1 Å². The first-order valence-electron chi connectivity index (χ1n) is 7.34. The van der Waals surface area contributed by atoms with E-state index in [4.69, 9.17) is 5.11 Å². The molecular weight excluding hydrogens is 262 g/mol. The lowest BCUT2D eigenvalue weighted by atomic mass is 10.1. The first-order chi connectivity index (χ1) is 10.2. The summed E-state index contributed by atoms with van der Waals surface area (Å²) in [5.41, 5.74) is 4.16. The highest BCUT2D eigenvalue weighted by atomic mass is 16.4. The van der Waals surface area contributed by atoms with Gasteiger partial charge >= 0.3 is 5.97 Å². The first kappa shape index (κ1) is 13.8. The van der Waals surface area contributed by atoms with Gasteiger partial charge < -0.3 is 10.4 Å². The largest absolute Gasteiger partial charge is 0.478 e. The van der Waals surface area contributed by atoms with E-state index < -0.39 is 5.97 Å². The van der Waals surface area contributed by atoms with Crippen LogP contribution in [0.3, 0.4) is 0 Å². The third-order valence-corrected chi connectivity index (χ3v) is 3.89. The van der Waals surface area contributed by atoms with Gasteiger partial charge in [-0.25, -0.2) is 4.79 Å². The van der Waals surface area contributed by atoms with Gasteiger partial charge in [0, 0.05) is 13.1 Å². The molecule has 0 radical (unpaired) electrons. The topological polar surface area (TPSA) is 49.3 Å². The Morgan fingerprint density at radius 2 is 1.48 bits per heavy atom. The Balaban J connectivity index is 1.49. The predicted octanol–water partition coefficient (Wildman–Crippen LogP) is 3.55. The van der Waals surface area contributed by atoms with Gasteiger partial charge in [0.05, 0.1) is 5.56 Å². The second-order valence-corrected chi connectivity index (χ2v) is 5.62. The number of carboxylic acid groups (broad SMARTS) is 1. The summed E-state index contributed by atoms with van der Waals surface area (Å²) >= 11 is 0. The molecule has 3 rings (SSSR count). The Hall–Kier alpha value is -2.13. The molecule has 0 heterocycles. The molecule has 108 valence electrons. The molecule has 2 aromatic rings. The van der Waals surface area contributed by atoms with Crippen LogP contribution in [0.1, 0.15) is 45.8 Å². The van der Waals surface area contributed by atoms with Crippen molar-refractivity contribution < 1.29 is 9.90 Å². The van der Waals surface area contributed by atoms with Crippen molar-refractivity contribution in [1.29, 1.82) is 0 Å². The fraction of sp³-hybridized carbons (Fsp3) is 0.278. The van der Waals surface area contributed by atoms with Gasteiger partial charge in [-0.05, 0) is 47.6 Å². The Morgan fingerprint density at radius 1 is 0.952 bits per heavy atom. The molecular formula is C18H19NO2. The van der Waals surface area contributed by atoms with E-state index >= 15 is 0 Å². The fourth-order valence-corrected chi connectivity index (χ4v) is 2.44. The number of carbonyl (C=O) groups is 1. The van der Waals surface area contributed by atoms with Gasteiger partial charge in [0.2, 0.25) is 0 Å². The molecule has 1 fully saturated rings. The number of aromatic carboxylic acids is 1. The maximum absolute atomic E-state index is 10.8. The third kappa shape index (κ3) is 3.70. The van der Waals surface area contributed by atoms with Crippen molar-refractivity contribution >= 4 is 5.97 Å². The van der Waals surface area contributed by atoms with Crippen LogP contribution in [0.5, 0.6) is 0 Å². The Morgan fingerprint density at radius 3 is 1.95 bits per heavy atom. The predicted molar refractivity (Wildman–Crippen MR) is 82.4 cm³/mol. The minimum absolute atomic E-state index is 0.328. The van der Waals surface area contributed by atoms with Crippen molar-refractivity contribution in [1.82, 2.24) is 5.32 Å². The van der Waals surface area contributed by atoms with E-state index in [2.05, 4.69) is 29.6 Å². The maximum Gasteiger partial charge on any atom is 0.335 e. The number of hydrogen-bond acceptors (Lipinski definition) is 2. The van der Waals surface area contributed by atoms with Gasteiger partial charge in [-0.15, -0.1) is 0 Å². The Bertz CT molecular complexity index is 613. The number of rotatable bonds is 6. The number of carboxylic acids is 1. The van der Waals surface area contributed by atoms with Crippen molar-refractivity contribution in [2.45, 2.75) is 31.8 Å². The van der Waals surface area contributed by atoms with Crippen LogP contribution in [0.15, 0.2) is 48.5 Å². The van der Waals surface area contributed by atoms with Gasteiger partial charge in [-0.3, -0.25) is 0 Å². The quantitative estimate of drug-likeness (QED) is 0.851. The molecule has 21 heavy (non-hydrogen) atoms. The van der Waals surface area contributed by atoms with Crippen LogP contribution in [-0.2, 0) is 13.1 Å². The summed E-state index contributed by atoms with van der Waals surface area (Å²) in [5, 5.41) is 12.2. The summed E-state index contributed by atoms with van der Waals surface area (Å²) in [6.07, 6.45) is 2.67. The number of hydrogen-bond donors (Lipinski definition) is 2. The zero-order valence-corrected chi connectivity index (χ0v) is 11.9. The average Bonchev–Trinajstić information content (AvgIpc) is 3.33. The van der Waals surface area contributed by atoms with Crippen LogP contribution < -0.4 is 5.32 Å². The molecule has 0 aliphatic heterocycles. The molecule has 0 saturated heterocycles. The smallest absolute Gasteiger partial charge is 0.335 e. The van der Waals surface area contributed by atoms with Gasteiger partial charge in [-0.1, -0.05) is 36.4 Å². The lowest BCUT2D eigenvalue weighted by Crippen LogP contribution is -2.12. The standard InChI is InChI=1S/C18H19NO2/c20-18(21)17-7-3-14(4-8-17)12-19-11-13-1-5-15(6-2-13)16-9-10-16/h1-8,16,19H,9-12H2,(H,20,21). The summed E-state index contributed by atoms with van der Waals surface area (Å²) in [5.74, 6) is -0.0787. The lowest BCUT2D eigenvalue weighted by Gasteiger charge is -2.06. The van der Waals surface area contributed by atoms with E-state index in [9.17, 15) is 4.79 Å². The molecule has 0 amide bonds. The highest BCUT2D eigenvalue weighted by Crippen LogP contribution is 2.39. The van der Waals surface area contributed by atoms with Crippen LogP contribution >= 0.6 is 0 Å². The van der Waals surface area contributed by atoms with Crippen molar-refractivity contribution in [2.75, 3.05) is 0 Å². The van der Waals surface area contributed by atoms with E-state index in [1.165, 1.54) is 24.0 Å². The van der Waals surface area contributed by atoms with Gasteiger partial charge in [0.15, 0.2) is 0 Å². The van der Waals surface area contributed by atoms with Crippen LogP contribution in [0, 0.1) is 0 Å². The minimum Gasteiger partial charge on any atom is -0.478 e. The monoisotopic (exact) mass is 281 g/mol. The van der Waals surface area contributed by atoms with E-state index in [0.717, 1.165) is 24.6 Å². The number of benzene rings is 2. The summed E-state index contributed by atoms with van der Waals surface area (Å²) in [4.78, 5) is 10.8. The molecule has 0 aromatic heterocycles. The number of nitrogens with one attached hydrogen (secondary N) is 1. The molecule has 3 heteroatoms. The van der Waals surface area contributed by atoms with E-state index in [-0.39, 0.29) is 0 Å². The van der Waals surface area contributed by atoms with Crippen molar-refractivity contribution in [2.24, 2.45) is 0 Å². The van der Waals surface area contributed by atoms with Gasteiger partial charge in [-0.2, -0.15) is 0 Å². The molecule has 3 nitrogen and oxygen atoms in total.